The molecule has 1 unspecified atom stereocenters. The number of amides is 1. The second-order valence-electron chi connectivity index (χ2n) is 3.89. The Hall–Kier alpha value is -1.55. The summed E-state index contributed by atoms with van der Waals surface area (Å²) in [4.78, 5) is 13.5. The minimum Gasteiger partial charge on any atom is -0.307 e. The van der Waals surface area contributed by atoms with E-state index in [1.807, 2.05) is 37.2 Å². The molecule has 0 fully saturated rings. The summed E-state index contributed by atoms with van der Waals surface area (Å²) < 4.78 is 0. The average molecular weight is 203 g/mol. The maximum atomic E-state index is 11.4. The molecule has 78 valence electrons. The van der Waals surface area contributed by atoms with Gasteiger partial charge in [0, 0.05) is 12.1 Å². The van der Waals surface area contributed by atoms with Crippen molar-refractivity contribution in [2.45, 2.75) is 6.04 Å². The van der Waals surface area contributed by atoms with Crippen molar-refractivity contribution >= 4 is 5.91 Å². The summed E-state index contributed by atoms with van der Waals surface area (Å²) in [5, 5.41) is 7.69. The molecule has 1 amide bonds. The normalized spacial score (nSPS) is 19.4. The van der Waals surface area contributed by atoms with Crippen molar-refractivity contribution in [2.75, 3.05) is 20.6 Å². The van der Waals surface area contributed by atoms with Crippen LogP contribution in [0.2, 0.25) is 0 Å². The van der Waals surface area contributed by atoms with E-state index in [1.165, 1.54) is 0 Å². The van der Waals surface area contributed by atoms with Gasteiger partial charge in [-0.15, -0.1) is 5.11 Å². The maximum Gasteiger partial charge on any atom is 0.295 e. The van der Waals surface area contributed by atoms with Crippen molar-refractivity contribution in [3.05, 3.63) is 35.4 Å². The molecule has 0 bridgehead atoms. The van der Waals surface area contributed by atoms with Crippen LogP contribution in [0.3, 0.4) is 0 Å². The van der Waals surface area contributed by atoms with E-state index >= 15 is 0 Å². The van der Waals surface area contributed by atoms with Crippen LogP contribution < -0.4 is 0 Å². The molecule has 0 radical (unpaired) electrons. The Balaban J connectivity index is 2.37. The maximum absolute atomic E-state index is 11.4. The number of carbonyl (C=O) groups excluding carboxylic acids is 1. The van der Waals surface area contributed by atoms with E-state index in [0.29, 0.717) is 5.56 Å². The summed E-state index contributed by atoms with van der Waals surface area (Å²) in [5.74, 6) is -0.236. The second-order valence-corrected chi connectivity index (χ2v) is 3.89. The monoisotopic (exact) mass is 203 g/mol. The zero-order chi connectivity index (χ0) is 10.8. The van der Waals surface area contributed by atoms with Gasteiger partial charge in [-0.1, -0.05) is 18.2 Å². The van der Waals surface area contributed by atoms with Crippen LogP contribution in [0.5, 0.6) is 0 Å². The smallest absolute Gasteiger partial charge is 0.295 e. The molecule has 0 saturated heterocycles. The van der Waals surface area contributed by atoms with Crippen LogP contribution in [0.25, 0.3) is 0 Å². The average Bonchev–Trinajstić information content (AvgIpc) is 2.22. The quantitative estimate of drug-likeness (QED) is 0.736. The van der Waals surface area contributed by atoms with Gasteiger partial charge < -0.3 is 4.90 Å². The van der Waals surface area contributed by atoms with Crippen molar-refractivity contribution in [3.8, 4) is 0 Å². The first-order valence-electron chi connectivity index (χ1n) is 4.87. The first-order valence-corrected chi connectivity index (χ1v) is 4.87. The molecule has 0 N–H and O–H groups in total. The fraction of sp³-hybridized carbons (Fsp3) is 0.364. The minimum absolute atomic E-state index is 0.0195. The van der Waals surface area contributed by atoms with Gasteiger partial charge >= 0.3 is 0 Å². The molecule has 15 heavy (non-hydrogen) atoms. The van der Waals surface area contributed by atoms with Crippen molar-refractivity contribution in [1.29, 1.82) is 0 Å². The first kappa shape index (κ1) is 9.98. The summed E-state index contributed by atoms with van der Waals surface area (Å²) >= 11 is 0. The van der Waals surface area contributed by atoms with Gasteiger partial charge in [0.15, 0.2) is 0 Å². The van der Waals surface area contributed by atoms with Crippen LogP contribution in [-0.2, 0) is 0 Å². The lowest BCUT2D eigenvalue weighted by atomic mass is 9.99. The van der Waals surface area contributed by atoms with Gasteiger partial charge in [0.05, 0.1) is 0 Å². The van der Waals surface area contributed by atoms with Crippen LogP contribution >= 0.6 is 0 Å². The third kappa shape index (κ3) is 1.94. The fourth-order valence-corrected chi connectivity index (χ4v) is 1.70. The molecule has 1 aliphatic rings. The lowest BCUT2D eigenvalue weighted by molar-refractivity contribution is 0.0983. The highest BCUT2D eigenvalue weighted by atomic mass is 16.1. The number of benzene rings is 1. The first-order chi connectivity index (χ1) is 7.18. The summed E-state index contributed by atoms with van der Waals surface area (Å²) in [6.45, 7) is 0.772. The predicted octanol–water partition coefficient (Wildman–Crippen LogP) is 1.90. The van der Waals surface area contributed by atoms with Crippen LogP contribution in [0.1, 0.15) is 22.0 Å². The zero-order valence-corrected chi connectivity index (χ0v) is 8.84. The predicted molar refractivity (Wildman–Crippen MR) is 56.9 cm³/mol. The third-order valence-corrected chi connectivity index (χ3v) is 2.38. The second kappa shape index (κ2) is 3.90. The summed E-state index contributed by atoms with van der Waals surface area (Å²) in [6.07, 6.45) is 0. The number of hydrogen-bond donors (Lipinski definition) is 0. The van der Waals surface area contributed by atoms with E-state index in [9.17, 15) is 4.79 Å². The van der Waals surface area contributed by atoms with E-state index in [2.05, 4.69) is 10.2 Å². The largest absolute Gasteiger partial charge is 0.307 e. The standard InChI is InChI=1S/C11H13N3O/c1-14(2)7-10-8-5-3-4-6-9(8)11(15)13-12-10/h3-6,10H,7H2,1-2H3. The number of rotatable bonds is 2. The molecule has 0 saturated carbocycles. The number of carbonyl (C=O) groups is 1. The van der Waals surface area contributed by atoms with Crippen LogP contribution in [0.4, 0.5) is 0 Å². The molecule has 0 aromatic heterocycles. The molecule has 4 heteroatoms. The molecule has 0 aliphatic carbocycles. The third-order valence-electron chi connectivity index (χ3n) is 2.38. The van der Waals surface area contributed by atoms with Gasteiger partial charge in [-0.05, 0) is 25.7 Å². The molecule has 1 aromatic carbocycles. The van der Waals surface area contributed by atoms with Crippen molar-refractivity contribution in [2.24, 2.45) is 10.2 Å². The van der Waals surface area contributed by atoms with Crippen LogP contribution in [0, 0.1) is 0 Å². The van der Waals surface area contributed by atoms with E-state index < -0.39 is 0 Å². The number of azo groups is 1. The van der Waals surface area contributed by atoms with Gasteiger partial charge in [-0.25, -0.2) is 0 Å². The highest BCUT2D eigenvalue weighted by molar-refractivity contribution is 5.96. The lowest BCUT2D eigenvalue weighted by Crippen LogP contribution is -2.22. The van der Waals surface area contributed by atoms with Crippen LogP contribution in [-0.4, -0.2) is 31.4 Å². The number of hydrogen-bond acceptors (Lipinski definition) is 3. The zero-order valence-electron chi connectivity index (χ0n) is 8.84. The van der Waals surface area contributed by atoms with Gasteiger partial charge in [-0.3, -0.25) is 4.79 Å². The van der Waals surface area contributed by atoms with E-state index in [0.717, 1.165) is 12.1 Å². The molecule has 1 heterocycles. The molecular weight excluding hydrogens is 190 g/mol. The molecule has 1 atom stereocenters. The highest BCUT2D eigenvalue weighted by Crippen LogP contribution is 2.27. The van der Waals surface area contributed by atoms with E-state index in [1.54, 1.807) is 6.07 Å². The Morgan fingerprint density at radius 1 is 1.33 bits per heavy atom. The molecular formula is C11H13N3O. The van der Waals surface area contributed by atoms with Gasteiger partial charge in [-0.2, -0.15) is 5.11 Å². The number of nitrogens with zero attached hydrogens (tertiary/aromatic N) is 3. The Morgan fingerprint density at radius 3 is 2.80 bits per heavy atom. The lowest BCUT2D eigenvalue weighted by Gasteiger charge is -2.20. The molecule has 1 aromatic rings. The molecule has 1 aliphatic heterocycles. The minimum atomic E-state index is -0.236. The Morgan fingerprint density at radius 2 is 2.07 bits per heavy atom. The van der Waals surface area contributed by atoms with E-state index in [-0.39, 0.29) is 11.9 Å². The number of likely N-dealkylation sites (N-methyl/N-ethyl adjacent to an activating group) is 1. The Bertz CT molecular complexity index is 412. The Kier molecular flexibility index (Phi) is 2.60. The number of fused-ring (bicyclic) bond motifs is 1. The van der Waals surface area contributed by atoms with Gasteiger partial charge in [0.25, 0.3) is 5.91 Å². The summed E-state index contributed by atoms with van der Waals surface area (Å²) in [6, 6.07) is 7.51. The van der Waals surface area contributed by atoms with Gasteiger partial charge in [0.2, 0.25) is 0 Å². The molecule has 4 nitrogen and oxygen atoms in total. The highest BCUT2D eigenvalue weighted by Gasteiger charge is 2.23. The van der Waals surface area contributed by atoms with Crippen molar-refractivity contribution < 1.29 is 4.79 Å². The SMILES string of the molecule is CN(C)CC1N=NC(=O)c2ccccc21. The van der Waals surface area contributed by atoms with Gasteiger partial charge in [0.1, 0.15) is 6.04 Å². The fourth-order valence-electron chi connectivity index (χ4n) is 1.70. The topological polar surface area (TPSA) is 45.0 Å². The molecule has 0 spiro atoms. The van der Waals surface area contributed by atoms with Crippen molar-refractivity contribution in [3.63, 3.8) is 0 Å². The van der Waals surface area contributed by atoms with Crippen LogP contribution in [0.15, 0.2) is 34.5 Å². The van der Waals surface area contributed by atoms with E-state index in [4.69, 9.17) is 0 Å². The molecule has 2 rings (SSSR count). The van der Waals surface area contributed by atoms with Crippen molar-refractivity contribution in [1.82, 2.24) is 4.90 Å². The summed E-state index contributed by atoms with van der Waals surface area (Å²) in [7, 11) is 3.96. The summed E-state index contributed by atoms with van der Waals surface area (Å²) in [5.41, 5.74) is 1.66. The Labute approximate surface area is 88.6 Å².